The summed E-state index contributed by atoms with van der Waals surface area (Å²) in [6.07, 6.45) is 0.234. The zero-order valence-corrected chi connectivity index (χ0v) is 14.9. The van der Waals surface area contributed by atoms with Crippen LogP contribution in [-0.2, 0) is 6.54 Å². The summed E-state index contributed by atoms with van der Waals surface area (Å²) in [6, 6.07) is 4.33. The smallest absolute Gasteiger partial charge is 0.422 e. The van der Waals surface area contributed by atoms with E-state index < -0.39 is 12.8 Å². The van der Waals surface area contributed by atoms with Crippen molar-refractivity contribution in [1.29, 1.82) is 0 Å². The molecule has 0 saturated heterocycles. The van der Waals surface area contributed by atoms with Crippen molar-refractivity contribution in [3.63, 3.8) is 0 Å². The van der Waals surface area contributed by atoms with Gasteiger partial charge in [-0.2, -0.15) is 18.2 Å². The summed E-state index contributed by atoms with van der Waals surface area (Å²) in [5.41, 5.74) is -0.0670. The molecule has 0 bridgehead atoms. The van der Waals surface area contributed by atoms with Gasteiger partial charge in [-0.25, -0.2) is 19.3 Å². The average Bonchev–Trinajstić information content (AvgIpc) is 2.91. The third-order valence-corrected chi connectivity index (χ3v) is 4.01. The number of fused-ring (bicyclic) bond motifs is 1. The third-order valence-electron chi connectivity index (χ3n) is 3.45. The van der Waals surface area contributed by atoms with Gasteiger partial charge in [0, 0.05) is 12.3 Å². The largest absolute Gasteiger partial charge is 0.468 e. The molecule has 3 rings (SSSR count). The molecule has 0 spiro atoms. The molecular formula is C16H14F3N5O2S. The van der Waals surface area contributed by atoms with E-state index in [-0.39, 0.29) is 29.2 Å². The van der Waals surface area contributed by atoms with E-state index in [1.165, 1.54) is 45.5 Å². The molecule has 0 amide bonds. The summed E-state index contributed by atoms with van der Waals surface area (Å²) in [6.45, 7) is 2.31. The number of rotatable bonds is 6. The van der Waals surface area contributed by atoms with Crippen LogP contribution in [0.5, 0.6) is 5.88 Å². The van der Waals surface area contributed by atoms with Crippen molar-refractivity contribution in [2.75, 3.05) is 12.9 Å². The highest BCUT2D eigenvalue weighted by atomic mass is 32.2. The number of alkyl halides is 3. The number of pyridine rings is 1. The molecule has 0 unspecified atom stereocenters. The molecule has 142 valence electrons. The molecule has 0 aliphatic heterocycles. The summed E-state index contributed by atoms with van der Waals surface area (Å²) in [7, 11) is 0. The number of thioether (sulfide) groups is 1. The van der Waals surface area contributed by atoms with Crippen molar-refractivity contribution in [2.24, 2.45) is 0 Å². The van der Waals surface area contributed by atoms with E-state index in [1.54, 1.807) is 12.3 Å². The number of halogens is 3. The molecule has 11 heteroatoms. The van der Waals surface area contributed by atoms with Crippen molar-refractivity contribution >= 4 is 22.8 Å². The zero-order valence-electron chi connectivity index (χ0n) is 14.1. The SMILES string of the molecule is C=CCn1c(=O)c2cnc(SC)nc2n1-c1cccc(OCC(F)(F)F)n1. The van der Waals surface area contributed by atoms with Gasteiger partial charge in [-0.3, -0.25) is 4.79 Å². The fourth-order valence-electron chi connectivity index (χ4n) is 2.39. The Morgan fingerprint density at radius 2 is 2.11 bits per heavy atom. The van der Waals surface area contributed by atoms with Crippen LogP contribution >= 0.6 is 11.8 Å². The normalized spacial score (nSPS) is 11.7. The van der Waals surface area contributed by atoms with E-state index in [2.05, 4.69) is 21.5 Å². The van der Waals surface area contributed by atoms with Crippen LogP contribution < -0.4 is 10.3 Å². The van der Waals surface area contributed by atoms with Gasteiger partial charge in [0.15, 0.2) is 23.2 Å². The minimum atomic E-state index is -4.48. The van der Waals surface area contributed by atoms with Crippen LogP contribution in [0.1, 0.15) is 0 Å². The summed E-state index contributed by atoms with van der Waals surface area (Å²) in [5, 5.41) is 0.703. The molecule has 27 heavy (non-hydrogen) atoms. The number of ether oxygens (including phenoxy) is 1. The minimum Gasteiger partial charge on any atom is -0.468 e. The first-order chi connectivity index (χ1) is 12.8. The van der Waals surface area contributed by atoms with Crippen LogP contribution in [0.3, 0.4) is 0 Å². The summed E-state index contributed by atoms with van der Waals surface area (Å²) >= 11 is 1.29. The Morgan fingerprint density at radius 1 is 1.33 bits per heavy atom. The maximum absolute atomic E-state index is 12.7. The van der Waals surface area contributed by atoms with E-state index in [0.29, 0.717) is 10.8 Å². The number of aromatic nitrogens is 5. The lowest BCUT2D eigenvalue weighted by Gasteiger charge is -2.12. The highest BCUT2D eigenvalue weighted by molar-refractivity contribution is 7.98. The maximum atomic E-state index is 12.7. The Kier molecular flexibility index (Phi) is 5.22. The molecule has 7 nitrogen and oxygen atoms in total. The van der Waals surface area contributed by atoms with Crippen molar-refractivity contribution in [3.05, 3.63) is 47.4 Å². The Bertz CT molecular complexity index is 1040. The number of hydrogen-bond donors (Lipinski definition) is 0. The van der Waals surface area contributed by atoms with Gasteiger partial charge in [0.2, 0.25) is 5.88 Å². The molecule has 3 heterocycles. The first-order valence-corrected chi connectivity index (χ1v) is 8.87. The van der Waals surface area contributed by atoms with Crippen molar-refractivity contribution < 1.29 is 17.9 Å². The predicted octanol–water partition coefficient (Wildman–Crippen LogP) is 2.83. The lowest BCUT2D eigenvalue weighted by molar-refractivity contribution is -0.154. The van der Waals surface area contributed by atoms with E-state index in [1.807, 2.05) is 0 Å². The topological polar surface area (TPSA) is 74.8 Å². The van der Waals surface area contributed by atoms with Gasteiger partial charge in [-0.15, -0.1) is 6.58 Å². The Labute approximate surface area is 155 Å². The third kappa shape index (κ3) is 3.97. The van der Waals surface area contributed by atoms with Crippen LogP contribution in [0.25, 0.3) is 16.9 Å². The number of nitrogens with zero attached hydrogens (tertiary/aromatic N) is 5. The van der Waals surface area contributed by atoms with Gasteiger partial charge >= 0.3 is 6.18 Å². The number of allylic oxidation sites excluding steroid dienone is 1. The van der Waals surface area contributed by atoms with E-state index in [4.69, 9.17) is 4.74 Å². The van der Waals surface area contributed by atoms with Crippen molar-refractivity contribution in [1.82, 2.24) is 24.3 Å². The molecule has 0 aromatic carbocycles. The van der Waals surface area contributed by atoms with Crippen LogP contribution in [0.4, 0.5) is 13.2 Å². The highest BCUT2D eigenvalue weighted by Crippen LogP contribution is 2.21. The molecule has 0 saturated carbocycles. The van der Waals surface area contributed by atoms with Crippen LogP contribution in [-0.4, -0.2) is 43.4 Å². The summed E-state index contributed by atoms with van der Waals surface area (Å²) < 4.78 is 44.6. The molecule has 0 radical (unpaired) electrons. The lowest BCUT2D eigenvalue weighted by Crippen LogP contribution is -2.22. The van der Waals surface area contributed by atoms with E-state index >= 15 is 0 Å². The summed E-state index contributed by atoms with van der Waals surface area (Å²) in [5.74, 6) is -0.0298. The predicted molar refractivity (Wildman–Crippen MR) is 94.4 cm³/mol. The zero-order chi connectivity index (χ0) is 19.6. The van der Waals surface area contributed by atoms with Gasteiger partial charge < -0.3 is 4.74 Å². The van der Waals surface area contributed by atoms with Crippen LogP contribution in [0.2, 0.25) is 0 Å². The average molecular weight is 397 g/mol. The van der Waals surface area contributed by atoms with Crippen LogP contribution in [0.15, 0.2) is 47.0 Å². The van der Waals surface area contributed by atoms with Gasteiger partial charge in [0.1, 0.15) is 5.39 Å². The molecule has 3 aromatic heterocycles. The molecule has 0 aliphatic carbocycles. The van der Waals surface area contributed by atoms with E-state index in [0.717, 1.165) is 0 Å². The molecule has 0 N–H and O–H groups in total. The fourth-order valence-corrected chi connectivity index (χ4v) is 2.73. The second-order valence-corrected chi connectivity index (χ2v) is 6.09. The molecular weight excluding hydrogens is 383 g/mol. The second kappa shape index (κ2) is 7.43. The summed E-state index contributed by atoms with van der Waals surface area (Å²) in [4.78, 5) is 25.2. The molecule has 0 atom stereocenters. The Balaban J connectivity index is 2.16. The Morgan fingerprint density at radius 3 is 2.78 bits per heavy atom. The maximum Gasteiger partial charge on any atom is 0.422 e. The standard InChI is InChI=1S/C16H14F3N5O2S/c1-3-7-23-14(25)10-8-20-15(27-2)22-13(10)24(23)11-5-4-6-12(21-11)26-9-16(17,18)19/h3-6,8H,1,7,9H2,2H3. The van der Waals surface area contributed by atoms with E-state index in [9.17, 15) is 18.0 Å². The second-order valence-electron chi connectivity index (χ2n) is 5.32. The fraction of sp³-hybridized carbons (Fsp3) is 0.250. The van der Waals surface area contributed by atoms with Crippen molar-refractivity contribution in [2.45, 2.75) is 17.9 Å². The van der Waals surface area contributed by atoms with Gasteiger partial charge in [0.05, 0.1) is 6.54 Å². The van der Waals surface area contributed by atoms with Gasteiger partial charge in [0.25, 0.3) is 5.56 Å². The monoisotopic (exact) mass is 397 g/mol. The minimum absolute atomic E-state index is 0.152. The first-order valence-electron chi connectivity index (χ1n) is 7.64. The molecule has 3 aromatic rings. The first kappa shape index (κ1) is 19.0. The quantitative estimate of drug-likeness (QED) is 0.362. The Hall–Kier alpha value is -2.82. The highest BCUT2D eigenvalue weighted by Gasteiger charge is 2.28. The molecule has 0 fully saturated rings. The lowest BCUT2D eigenvalue weighted by atomic mass is 10.4. The molecule has 0 aliphatic rings. The van der Waals surface area contributed by atoms with Crippen LogP contribution in [0, 0.1) is 0 Å². The van der Waals surface area contributed by atoms with Crippen molar-refractivity contribution in [3.8, 4) is 11.7 Å². The number of hydrogen-bond acceptors (Lipinski definition) is 6. The van der Waals surface area contributed by atoms with Gasteiger partial charge in [-0.1, -0.05) is 23.9 Å². The van der Waals surface area contributed by atoms with Gasteiger partial charge in [-0.05, 0) is 12.3 Å².